The van der Waals surface area contributed by atoms with Gasteiger partial charge >= 0.3 is 0 Å². The van der Waals surface area contributed by atoms with E-state index in [0.717, 1.165) is 35.1 Å². The molecule has 0 saturated heterocycles. The van der Waals surface area contributed by atoms with E-state index in [9.17, 15) is 4.79 Å². The van der Waals surface area contributed by atoms with Crippen molar-refractivity contribution < 1.29 is 0 Å². The smallest absolute Gasteiger partial charge is 0.254 e. The molecule has 7 nitrogen and oxygen atoms in total. The summed E-state index contributed by atoms with van der Waals surface area (Å²) in [6.45, 7) is 9.00. The molecule has 1 atom stereocenters. The molecule has 5 rings (SSSR count). The van der Waals surface area contributed by atoms with Gasteiger partial charge in [-0.05, 0) is 73.2 Å². The summed E-state index contributed by atoms with van der Waals surface area (Å²) >= 11 is 0. The number of H-pyrrole nitrogens is 1. The molecular weight excluding hydrogens is 388 g/mol. The molecule has 0 aliphatic carbocycles. The predicted molar refractivity (Wildman–Crippen MR) is 121 cm³/mol. The first-order valence-electron chi connectivity index (χ1n) is 10.6. The number of aromatic nitrogens is 5. The number of hydrogen-bond acceptors (Lipinski definition) is 5. The second-order valence-corrected chi connectivity index (χ2v) is 9.19. The van der Waals surface area contributed by atoms with Crippen LogP contribution in [0.2, 0.25) is 0 Å². The molecule has 7 heteroatoms. The summed E-state index contributed by atoms with van der Waals surface area (Å²) in [5, 5.41) is 13.7. The number of benzene rings is 2. The van der Waals surface area contributed by atoms with Crippen LogP contribution in [-0.4, -0.2) is 31.7 Å². The minimum atomic E-state index is -0.397. The molecule has 1 aliphatic heterocycles. The van der Waals surface area contributed by atoms with Crippen molar-refractivity contribution in [2.24, 2.45) is 0 Å². The zero-order chi connectivity index (χ0) is 21.8. The lowest BCUT2D eigenvalue weighted by atomic mass is 10.0. The molecular formula is C24H26N6O. The Morgan fingerprint density at radius 3 is 2.71 bits per heavy atom. The van der Waals surface area contributed by atoms with Gasteiger partial charge in [-0.15, -0.1) is 5.10 Å². The number of para-hydroxylation sites is 2. The molecule has 1 aliphatic rings. The van der Waals surface area contributed by atoms with E-state index in [-0.39, 0.29) is 11.1 Å². The van der Waals surface area contributed by atoms with E-state index < -0.39 is 6.04 Å². The lowest BCUT2D eigenvalue weighted by Gasteiger charge is -2.31. The first-order chi connectivity index (χ1) is 14.8. The number of aryl methyl sites for hydroxylation is 1. The first-order valence-corrected chi connectivity index (χ1v) is 10.6. The number of aromatic amines is 1. The van der Waals surface area contributed by atoms with Gasteiger partial charge in [-0.1, -0.05) is 36.4 Å². The molecule has 4 aromatic rings. The fourth-order valence-corrected chi connectivity index (χ4v) is 4.52. The molecule has 0 amide bonds. The third kappa shape index (κ3) is 3.21. The number of anilines is 1. The monoisotopic (exact) mass is 414 g/mol. The third-order valence-electron chi connectivity index (χ3n) is 6.02. The zero-order valence-electron chi connectivity index (χ0n) is 18.3. The Morgan fingerprint density at radius 1 is 1.10 bits per heavy atom. The van der Waals surface area contributed by atoms with Crippen LogP contribution in [0.25, 0.3) is 10.9 Å². The number of pyridine rings is 1. The van der Waals surface area contributed by atoms with E-state index in [0.29, 0.717) is 11.4 Å². The van der Waals surface area contributed by atoms with Crippen LogP contribution in [0.3, 0.4) is 0 Å². The maximum Gasteiger partial charge on any atom is 0.254 e. The highest BCUT2D eigenvalue weighted by atomic mass is 16.1. The summed E-state index contributed by atoms with van der Waals surface area (Å²) in [4.78, 5) is 18.8. The largest absolute Gasteiger partial charge is 0.357 e. The maximum atomic E-state index is 13.4. The van der Waals surface area contributed by atoms with E-state index in [2.05, 4.69) is 64.4 Å². The summed E-state index contributed by atoms with van der Waals surface area (Å²) in [5.41, 5.74) is 4.53. The number of fused-ring (bicyclic) bond motifs is 2. The Hall–Kier alpha value is -3.48. The molecule has 0 radical (unpaired) electrons. The molecule has 0 fully saturated rings. The number of tetrazole rings is 1. The average molecular weight is 415 g/mol. The summed E-state index contributed by atoms with van der Waals surface area (Å²) in [6.07, 6.45) is 0.925. The SMILES string of the molecule is Cc1cccc2cc(C(c3nnnn3C(C)(C)C)N3CCc4ccccc43)c(=O)[nH]c12. The predicted octanol–water partition coefficient (Wildman–Crippen LogP) is 3.73. The van der Waals surface area contributed by atoms with E-state index >= 15 is 0 Å². The van der Waals surface area contributed by atoms with E-state index in [1.807, 2.05) is 41.9 Å². The van der Waals surface area contributed by atoms with Gasteiger partial charge in [0.2, 0.25) is 0 Å². The minimum absolute atomic E-state index is 0.111. The molecule has 1 unspecified atom stereocenters. The van der Waals surface area contributed by atoms with Crippen molar-refractivity contribution >= 4 is 16.6 Å². The Morgan fingerprint density at radius 2 is 1.90 bits per heavy atom. The van der Waals surface area contributed by atoms with Gasteiger partial charge in [0.15, 0.2) is 5.82 Å². The zero-order valence-corrected chi connectivity index (χ0v) is 18.3. The summed E-state index contributed by atoms with van der Waals surface area (Å²) in [7, 11) is 0. The Bertz CT molecular complexity index is 1330. The van der Waals surface area contributed by atoms with Gasteiger partial charge < -0.3 is 9.88 Å². The minimum Gasteiger partial charge on any atom is -0.357 e. The first kappa shape index (κ1) is 19.5. The third-order valence-corrected chi connectivity index (χ3v) is 6.02. The van der Waals surface area contributed by atoms with Crippen molar-refractivity contribution in [2.45, 2.75) is 45.7 Å². The van der Waals surface area contributed by atoms with E-state index in [1.165, 1.54) is 5.56 Å². The maximum absolute atomic E-state index is 13.4. The highest BCUT2D eigenvalue weighted by Crippen LogP contribution is 2.38. The molecule has 2 aromatic heterocycles. The molecule has 3 heterocycles. The van der Waals surface area contributed by atoms with Crippen LogP contribution >= 0.6 is 0 Å². The van der Waals surface area contributed by atoms with Crippen LogP contribution in [0.1, 0.15) is 49.3 Å². The van der Waals surface area contributed by atoms with Crippen LogP contribution in [0, 0.1) is 6.92 Å². The topological polar surface area (TPSA) is 79.7 Å². The number of nitrogens with zero attached hydrogens (tertiary/aromatic N) is 5. The Kier molecular flexibility index (Phi) is 4.43. The second-order valence-electron chi connectivity index (χ2n) is 9.19. The van der Waals surface area contributed by atoms with Crippen molar-refractivity contribution in [2.75, 3.05) is 11.4 Å². The summed E-state index contributed by atoms with van der Waals surface area (Å²) in [6, 6.07) is 16.0. The number of nitrogens with one attached hydrogen (secondary N) is 1. The standard InChI is InChI=1S/C24H26N6O/c1-15-8-7-10-17-14-18(23(31)25-20(15)17)21(22-26-27-28-30(22)24(2,3)4)29-13-12-16-9-5-6-11-19(16)29/h5-11,14,21H,12-13H2,1-4H3,(H,25,31). The average Bonchev–Trinajstić information content (AvgIpc) is 3.38. The number of hydrogen-bond donors (Lipinski definition) is 1. The molecule has 0 bridgehead atoms. The van der Waals surface area contributed by atoms with Crippen LogP contribution in [0.15, 0.2) is 53.3 Å². The van der Waals surface area contributed by atoms with Gasteiger partial charge in [-0.2, -0.15) is 0 Å². The van der Waals surface area contributed by atoms with Crippen LogP contribution in [0.4, 0.5) is 5.69 Å². The van der Waals surface area contributed by atoms with Crippen molar-refractivity contribution in [3.63, 3.8) is 0 Å². The van der Waals surface area contributed by atoms with Gasteiger partial charge in [0.1, 0.15) is 6.04 Å². The fraction of sp³-hybridized carbons (Fsp3) is 0.333. The van der Waals surface area contributed by atoms with Crippen LogP contribution in [-0.2, 0) is 12.0 Å². The molecule has 31 heavy (non-hydrogen) atoms. The normalized spacial score (nSPS) is 14.8. The van der Waals surface area contributed by atoms with E-state index in [4.69, 9.17) is 0 Å². The van der Waals surface area contributed by atoms with Gasteiger partial charge in [0.05, 0.1) is 11.1 Å². The van der Waals surface area contributed by atoms with Crippen molar-refractivity contribution in [1.82, 2.24) is 25.2 Å². The van der Waals surface area contributed by atoms with E-state index in [1.54, 1.807) is 0 Å². The lowest BCUT2D eigenvalue weighted by Crippen LogP contribution is -2.37. The van der Waals surface area contributed by atoms with Crippen molar-refractivity contribution in [3.8, 4) is 0 Å². The summed E-state index contributed by atoms with van der Waals surface area (Å²) < 4.78 is 1.83. The Labute approximate surface area is 180 Å². The highest BCUT2D eigenvalue weighted by Gasteiger charge is 2.36. The quantitative estimate of drug-likeness (QED) is 0.553. The second kappa shape index (κ2) is 7.04. The molecule has 158 valence electrons. The molecule has 2 aromatic carbocycles. The fourth-order valence-electron chi connectivity index (χ4n) is 4.52. The van der Waals surface area contributed by atoms with Gasteiger partial charge in [-0.25, -0.2) is 4.68 Å². The van der Waals surface area contributed by atoms with Crippen molar-refractivity contribution in [3.05, 3.63) is 81.4 Å². The summed E-state index contributed by atoms with van der Waals surface area (Å²) in [5.74, 6) is 0.668. The van der Waals surface area contributed by atoms with Crippen LogP contribution in [0.5, 0.6) is 0 Å². The Balaban J connectivity index is 1.77. The van der Waals surface area contributed by atoms with Gasteiger partial charge in [0.25, 0.3) is 5.56 Å². The number of rotatable bonds is 3. The lowest BCUT2D eigenvalue weighted by molar-refractivity contribution is 0.329. The molecule has 1 N–H and O–H groups in total. The molecule has 0 spiro atoms. The highest BCUT2D eigenvalue weighted by molar-refractivity contribution is 5.82. The van der Waals surface area contributed by atoms with Gasteiger partial charge in [-0.3, -0.25) is 4.79 Å². The van der Waals surface area contributed by atoms with Crippen LogP contribution < -0.4 is 10.5 Å². The van der Waals surface area contributed by atoms with Gasteiger partial charge in [0, 0.05) is 17.8 Å². The van der Waals surface area contributed by atoms with Crippen molar-refractivity contribution in [1.29, 1.82) is 0 Å². The molecule has 0 saturated carbocycles.